The zero-order valence-corrected chi connectivity index (χ0v) is 11.2. The number of rotatable bonds is 7. The van der Waals surface area contributed by atoms with Crippen LogP contribution in [0.4, 0.5) is 0 Å². The molecule has 0 aliphatic carbocycles. The smallest absolute Gasteiger partial charge is 0.332 e. The van der Waals surface area contributed by atoms with Gasteiger partial charge in [0.25, 0.3) is 0 Å². The largest absolute Gasteiger partial charge is 0.466 e. The van der Waals surface area contributed by atoms with E-state index in [1.165, 1.54) is 26.4 Å². The number of carbonyl (C=O) groups excluding carboxylic acids is 2. The molecular formula is C12H20N2O4. The van der Waals surface area contributed by atoms with Gasteiger partial charge in [-0.25, -0.2) is 9.59 Å². The van der Waals surface area contributed by atoms with Crippen LogP contribution in [-0.4, -0.2) is 39.2 Å². The van der Waals surface area contributed by atoms with Gasteiger partial charge in [0, 0.05) is 36.6 Å². The number of ether oxygens (including phenoxy) is 2. The van der Waals surface area contributed by atoms with Gasteiger partial charge in [-0.3, -0.25) is 0 Å². The number of nitrogens with one attached hydrogen (secondary N) is 2. The van der Waals surface area contributed by atoms with Crippen LogP contribution < -0.4 is 10.6 Å². The lowest BCUT2D eigenvalue weighted by Gasteiger charge is -2.08. The van der Waals surface area contributed by atoms with E-state index >= 15 is 0 Å². The molecule has 0 unspecified atom stereocenters. The molecular weight excluding hydrogens is 236 g/mol. The summed E-state index contributed by atoms with van der Waals surface area (Å²) < 4.78 is 8.98. The quantitative estimate of drug-likeness (QED) is 0.388. The molecule has 0 aliphatic rings. The van der Waals surface area contributed by atoms with E-state index in [1.807, 2.05) is 0 Å². The van der Waals surface area contributed by atoms with Crippen LogP contribution >= 0.6 is 0 Å². The molecule has 0 fully saturated rings. The maximum absolute atomic E-state index is 10.9. The summed E-state index contributed by atoms with van der Waals surface area (Å²) in [6.45, 7) is 4.78. The number of methoxy groups -OCH3 is 2. The molecule has 6 nitrogen and oxygen atoms in total. The summed E-state index contributed by atoms with van der Waals surface area (Å²) >= 11 is 0. The first kappa shape index (κ1) is 16.0. The minimum Gasteiger partial charge on any atom is -0.466 e. The molecule has 0 bridgehead atoms. The molecule has 2 N–H and O–H groups in total. The summed E-state index contributed by atoms with van der Waals surface area (Å²) in [5, 5.41) is 6.05. The molecule has 0 spiro atoms. The Morgan fingerprint density at radius 1 is 0.889 bits per heavy atom. The molecule has 0 atom stereocenters. The summed E-state index contributed by atoms with van der Waals surface area (Å²) in [5.41, 5.74) is 1.44. The van der Waals surface area contributed by atoms with Crippen molar-refractivity contribution in [3.63, 3.8) is 0 Å². The Balaban J connectivity index is 3.87. The van der Waals surface area contributed by atoms with Crippen LogP contribution in [0.2, 0.25) is 0 Å². The van der Waals surface area contributed by atoms with Gasteiger partial charge in [0.05, 0.1) is 14.2 Å². The first-order valence-corrected chi connectivity index (χ1v) is 5.49. The summed E-state index contributed by atoms with van der Waals surface area (Å²) in [5.74, 6) is -0.788. The standard InChI is InChI=1S/C12H20N2O4/c1-9(7-11(15)17-3)13-5-6-14-10(2)8-12(16)18-4/h7-8,13-14H,5-6H2,1-4H3/b9-7+,10-8+. The highest BCUT2D eigenvalue weighted by Crippen LogP contribution is 1.89. The second kappa shape index (κ2) is 9.09. The molecule has 6 heteroatoms. The zero-order chi connectivity index (χ0) is 14.0. The summed E-state index contributed by atoms with van der Waals surface area (Å²) in [6.07, 6.45) is 2.74. The van der Waals surface area contributed by atoms with Gasteiger partial charge in [-0.1, -0.05) is 0 Å². The van der Waals surface area contributed by atoms with E-state index in [4.69, 9.17) is 0 Å². The number of hydrogen-bond acceptors (Lipinski definition) is 6. The molecule has 0 radical (unpaired) electrons. The van der Waals surface area contributed by atoms with Crippen LogP contribution in [0, 0.1) is 0 Å². The van der Waals surface area contributed by atoms with E-state index in [0.29, 0.717) is 13.1 Å². The van der Waals surface area contributed by atoms with Gasteiger partial charge >= 0.3 is 11.9 Å². The van der Waals surface area contributed by atoms with Crippen LogP contribution in [0.25, 0.3) is 0 Å². The fourth-order valence-corrected chi connectivity index (χ4v) is 1.09. The topological polar surface area (TPSA) is 76.7 Å². The third kappa shape index (κ3) is 8.20. The van der Waals surface area contributed by atoms with Crippen molar-refractivity contribution < 1.29 is 19.1 Å². The predicted octanol–water partition coefficient (Wildman–Crippen LogP) is 0.319. The Bertz CT molecular complexity index is 314. The van der Waals surface area contributed by atoms with Crippen LogP contribution in [0.3, 0.4) is 0 Å². The molecule has 0 aromatic heterocycles. The lowest BCUT2D eigenvalue weighted by Crippen LogP contribution is -2.26. The zero-order valence-electron chi connectivity index (χ0n) is 11.2. The molecule has 0 saturated heterocycles. The fourth-order valence-electron chi connectivity index (χ4n) is 1.09. The molecule has 0 saturated carbocycles. The van der Waals surface area contributed by atoms with Crippen LogP contribution in [0.15, 0.2) is 23.5 Å². The number of hydrogen-bond donors (Lipinski definition) is 2. The SMILES string of the molecule is COC(=O)/C=C(\C)NCCN/C(C)=C/C(=O)OC. The predicted molar refractivity (Wildman–Crippen MR) is 67.6 cm³/mol. The maximum atomic E-state index is 10.9. The Morgan fingerprint density at radius 3 is 1.50 bits per heavy atom. The fraction of sp³-hybridized carbons (Fsp3) is 0.500. The molecule has 102 valence electrons. The van der Waals surface area contributed by atoms with Crippen molar-refractivity contribution >= 4 is 11.9 Å². The van der Waals surface area contributed by atoms with Gasteiger partial charge in [-0.15, -0.1) is 0 Å². The van der Waals surface area contributed by atoms with Gasteiger partial charge in [-0.2, -0.15) is 0 Å². The number of carbonyl (C=O) groups is 2. The van der Waals surface area contributed by atoms with E-state index in [-0.39, 0.29) is 0 Å². The normalized spacial score (nSPS) is 11.8. The van der Waals surface area contributed by atoms with Crippen molar-refractivity contribution in [3.8, 4) is 0 Å². The first-order chi connectivity index (χ1) is 8.49. The minimum absolute atomic E-state index is 0.394. The van der Waals surface area contributed by atoms with Crippen LogP contribution in [0.1, 0.15) is 13.8 Å². The summed E-state index contributed by atoms with van der Waals surface area (Å²) in [7, 11) is 2.66. The minimum atomic E-state index is -0.394. The van der Waals surface area contributed by atoms with Gasteiger partial charge in [0.1, 0.15) is 0 Å². The van der Waals surface area contributed by atoms with Crippen molar-refractivity contribution in [2.24, 2.45) is 0 Å². The number of allylic oxidation sites excluding steroid dienone is 2. The molecule has 0 rings (SSSR count). The van der Waals surface area contributed by atoms with Gasteiger partial charge in [-0.05, 0) is 13.8 Å². The summed E-state index contributed by atoms with van der Waals surface area (Å²) in [6, 6.07) is 0. The highest BCUT2D eigenvalue weighted by molar-refractivity contribution is 5.82. The van der Waals surface area contributed by atoms with Crippen molar-refractivity contribution in [3.05, 3.63) is 23.5 Å². The van der Waals surface area contributed by atoms with Crippen LogP contribution in [0.5, 0.6) is 0 Å². The Labute approximate surface area is 107 Å². The van der Waals surface area contributed by atoms with Gasteiger partial charge < -0.3 is 20.1 Å². The lowest BCUT2D eigenvalue weighted by atomic mass is 10.4. The summed E-state index contributed by atoms with van der Waals surface area (Å²) in [4.78, 5) is 21.8. The Kier molecular flexibility index (Phi) is 8.09. The van der Waals surface area contributed by atoms with Gasteiger partial charge in [0.2, 0.25) is 0 Å². The van der Waals surface area contributed by atoms with E-state index < -0.39 is 11.9 Å². The third-order valence-electron chi connectivity index (χ3n) is 2.00. The van der Waals surface area contributed by atoms with E-state index in [0.717, 1.165) is 11.4 Å². The van der Waals surface area contributed by atoms with Crippen molar-refractivity contribution in [1.82, 2.24) is 10.6 Å². The highest BCUT2D eigenvalue weighted by Gasteiger charge is 1.97. The second-order valence-electron chi connectivity index (χ2n) is 3.55. The van der Waals surface area contributed by atoms with E-state index in [9.17, 15) is 9.59 Å². The molecule has 0 amide bonds. The average molecular weight is 256 g/mol. The molecule has 0 aromatic rings. The van der Waals surface area contributed by atoms with Crippen molar-refractivity contribution in [2.45, 2.75) is 13.8 Å². The molecule has 0 aromatic carbocycles. The maximum Gasteiger partial charge on any atom is 0.332 e. The Hall–Kier alpha value is -1.98. The third-order valence-corrected chi connectivity index (χ3v) is 2.00. The highest BCUT2D eigenvalue weighted by atomic mass is 16.5. The monoisotopic (exact) mass is 256 g/mol. The molecule has 0 aliphatic heterocycles. The molecule has 0 heterocycles. The first-order valence-electron chi connectivity index (χ1n) is 5.49. The van der Waals surface area contributed by atoms with E-state index in [1.54, 1.807) is 13.8 Å². The Morgan fingerprint density at radius 2 is 1.22 bits per heavy atom. The lowest BCUT2D eigenvalue weighted by molar-refractivity contribution is -0.135. The van der Waals surface area contributed by atoms with Crippen LogP contribution in [-0.2, 0) is 19.1 Å². The second-order valence-corrected chi connectivity index (χ2v) is 3.55. The molecule has 18 heavy (non-hydrogen) atoms. The average Bonchev–Trinajstić information content (AvgIpc) is 2.34. The van der Waals surface area contributed by atoms with Crippen molar-refractivity contribution in [1.29, 1.82) is 0 Å². The number of esters is 2. The van der Waals surface area contributed by atoms with Crippen molar-refractivity contribution in [2.75, 3.05) is 27.3 Å². The van der Waals surface area contributed by atoms with Gasteiger partial charge in [0.15, 0.2) is 0 Å². The van der Waals surface area contributed by atoms with E-state index in [2.05, 4.69) is 20.1 Å².